The van der Waals surface area contributed by atoms with Crippen molar-refractivity contribution in [3.8, 4) is 23.0 Å². The Hall–Kier alpha value is -4.02. The first-order valence-corrected chi connectivity index (χ1v) is 18.6. The smallest absolute Gasteiger partial charge is 0.206 e. The molecule has 0 unspecified atom stereocenters. The van der Waals surface area contributed by atoms with E-state index in [2.05, 4.69) is 0 Å². The van der Waals surface area contributed by atoms with E-state index in [0.717, 1.165) is 51.4 Å². The zero-order valence-corrected chi connectivity index (χ0v) is 27.8. The van der Waals surface area contributed by atoms with Crippen LogP contribution in [0.1, 0.15) is 58.3 Å². The molecule has 46 heavy (non-hydrogen) atoms. The Morgan fingerprint density at radius 3 is 1.04 bits per heavy atom. The molecule has 0 radical (unpaired) electrons. The van der Waals surface area contributed by atoms with Crippen molar-refractivity contribution >= 4 is 19.7 Å². The predicted molar refractivity (Wildman–Crippen MR) is 177 cm³/mol. The van der Waals surface area contributed by atoms with E-state index in [4.69, 9.17) is 14.2 Å². The van der Waals surface area contributed by atoms with Crippen molar-refractivity contribution in [2.45, 2.75) is 77.9 Å². The largest absolute Gasteiger partial charge is 0.508 e. The van der Waals surface area contributed by atoms with Crippen LogP contribution in [0.2, 0.25) is 0 Å². The summed E-state index contributed by atoms with van der Waals surface area (Å²) in [5.74, 6) is 1.95. The van der Waals surface area contributed by atoms with E-state index in [1.165, 1.54) is 36.4 Å². The Morgan fingerprint density at radius 2 is 0.717 bits per heavy atom. The molecule has 0 fully saturated rings. The van der Waals surface area contributed by atoms with Gasteiger partial charge in [0, 0.05) is 0 Å². The van der Waals surface area contributed by atoms with E-state index in [9.17, 15) is 21.9 Å². The number of phenols is 1. The highest BCUT2D eigenvalue weighted by Gasteiger charge is 2.18. The molecule has 10 heteroatoms. The van der Waals surface area contributed by atoms with Gasteiger partial charge in [0.15, 0.2) is 0 Å². The molecule has 8 nitrogen and oxygen atoms in total. The Kier molecular flexibility index (Phi) is 12.9. The topological polar surface area (TPSA) is 116 Å². The van der Waals surface area contributed by atoms with Crippen LogP contribution in [-0.4, -0.2) is 41.8 Å². The molecule has 0 aliphatic heterocycles. The van der Waals surface area contributed by atoms with Gasteiger partial charge in [0.25, 0.3) is 0 Å². The number of unbranched alkanes of at least 4 members (excludes halogenated alkanes) is 7. The number of hydrogen-bond acceptors (Lipinski definition) is 8. The van der Waals surface area contributed by atoms with Crippen LogP contribution >= 0.6 is 0 Å². The van der Waals surface area contributed by atoms with Crippen LogP contribution in [0.15, 0.2) is 117 Å². The van der Waals surface area contributed by atoms with E-state index in [1.807, 2.05) is 6.92 Å². The Morgan fingerprint density at radius 1 is 0.435 bits per heavy atom. The molecule has 0 saturated heterocycles. The van der Waals surface area contributed by atoms with Crippen molar-refractivity contribution in [1.29, 1.82) is 0 Å². The van der Waals surface area contributed by atoms with Gasteiger partial charge in [0.1, 0.15) is 23.0 Å². The maximum atomic E-state index is 12.9. The first-order valence-electron chi connectivity index (χ1n) is 15.7. The molecule has 0 heterocycles. The van der Waals surface area contributed by atoms with E-state index in [1.54, 1.807) is 60.7 Å². The van der Waals surface area contributed by atoms with Crippen molar-refractivity contribution in [1.82, 2.24) is 0 Å². The average molecular weight is 667 g/mol. The number of hydrogen-bond donors (Lipinski definition) is 1. The molecule has 0 atom stereocenters. The van der Waals surface area contributed by atoms with Crippen LogP contribution in [0.5, 0.6) is 23.0 Å². The summed E-state index contributed by atoms with van der Waals surface area (Å²) in [7, 11) is -7.25. The van der Waals surface area contributed by atoms with Gasteiger partial charge in [-0.05, 0) is 117 Å². The minimum Gasteiger partial charge on any atom is -0.508 e. The van der Waals surface area contributed by atoms with E-state index in [0.29, 0.717) is 37.1 Å². The van der Waals surface area contributed by atoms with Crippen molar-refractivity contribution in [2.75, 3.05) is 19.8 Å². The molecule has 4 aromatic carbocycles. The van der Waals surface area contributed by atoms with E-state index >= 15 is 0 Å². The standard InChI is InChI=1S/C36H42O8S2/c1-2-42-30-13-21-34(22-14-30)46(40,41)36-25-17-32(18-26-36)44-28-10-8-6-4-3-5-7-9-27-43-31-15-23-35(24-16-31)45(38,39)33-19-11-29(37)12-20-33/h11-26,37H,2-10,27-28H2,1H3. The summed E-state index contributed by atoms with van der Waals surface area (Å²) in [6.45, 7) is 3.57. The molecular weight excluding hydrogens is 625 g/mol. The fourth-order valence-electron chi connectivity index (χ4n) is 4.85. The van der Waals surface area contributed by atoms with Gasteiger partial charge in [-0.3, -0.25) is 0 Å². The lowest BCUT2D eigenvalue weighted by Gasteiger charge is -2.09. The van der Waals surface area contributed by atoms with Crippen LogP contribution < -0.4 is 14.2 Å². The normalized spacial score (nSPS) is 11.7. The van der Waals surface area contributed by atoms with Crippen molar-refractivity contribution < 1.29 is 36.2 Å². The lowest BCUT2D eigenvalue weighted by atomic mass is 10.1. The Labute approximate surface area is 272 Å². The van der Waals surface area contributed by atoms with Crippen LogP contribution in [-0.2, 0) is 19.7 Å². The molecule has 4 rings (SSSR count). The number of phenolic OH excluding ortho intramolecular Hbond substituents is 1. The van der Waals surface area contributed by atoms with Gasteiger partial charge < -0.3 is 19.3 Å². The summed E-state index contributed by atoms with van der Waals surface area (Å²) in [6, 6.07) is 24.9. The lowest BCUT2D eigenvalue weighted by Crippen LogP contribution is -2.03. The SMILES string of the molecule is CCOc1ccc(S(=O)(=O)c2ccc(OCCCCCCCCCCOc3ccc(S(=O)(=O)c4ccc(O)cc4)cc3)cc2)cc1. The van der Waals surface area contributed by atoms with Crippen LogP contribution in [0.3, 0.4) is 0 Å². The molecule has 0 aromatic heterocycles. The maximum Gasteiger partial charge on any atom is 0.206 e. The van der Waals surface area contributed by atoms with Crippen molar-refractivity contribution in [3.05, 3.63) is 97.1 Å². The molecule has 0 amide bonds. The van der Waals surface area contributed by atoms with Gasteiger partial charge in [0.05, 0.1) is 39.4 Å². The zero-order valence-electron chi connectivity index (χ0n) is 26.1. The van der Waals surface area contributed by atoms with Gasteiger partial charge >= 0.3 is 0 Å². The summed E-state index contributed by atoms with van der Waals surface area (Å²) in [6.07, 6.45) is 8.61. The minimum absolute atomic E-state index is 0.0179. The second kappa shape index (κ2) is 17.1. The molecule has 1 N–H and O–H groups in total. The predicted octanol–water partition coefficient (Wildman–Crippen LogP) is 8.04. The first-order chi connectivity index (χ1) is 22.2. The molecular formula is C36H42O8S2. The lowest BCUT2D eigenvalue weighted by molar-refractivity contribution is 0.301. The third-order valence-electron chi connectivity index (χ3n) is 7.44. The number of rotatable bonds is 19. The van der Waals surface area contributed by atoms with Gasteiger partial charge in [-0.1, -0.05) is 38.5 Å². The highest BCUT2D eigenvalue weighted by molar-refractivity contribution is 7.91. The van der Waals surface area contributed by atoms with E-state index in [-0.39, 0.29) is 25.3 Å². The molecule has 0 saturated carbocycles. The maximum absolute atomic E-state index is 12.9. The fourth-order valence-corrected chi connectivity index (χ4v) is 7.38. The summed E-state index contributed by atoms with van der Waals surface area (Å²) in [5.41, 5.74) is 0. The Bertz CT molecular complexity index is 1700. The third kappa shape index (κ3) is 9.99. The number of sulfone groups is 2. The second-order valence-electron chi connectivity index (χ2n) is 10.9. The van der Waals surface area contributed by atoms with Gasteiger partial charge in [-0.25, -0.2) is 16.8 Å². The first kappa shape index (κ1) is 34.8. The quantitative estimate of drug-likeness (QED) is 0.100. The molecule has 0 spiro atoms. The molecule has 246 valence electrons. The molecule has 0 aliphatic carbocycles. The number of aromatic hydroxyl groups is 1. The molecule has 4 aromatic rings. The average Bonchev–Trinajstić information content (AvgIpc) is 3.06. The number of benzene rings is 4. The Balaban J connectivity index is 1.03. The van der Waals surface area contributed by atoms with Gasteiger partial charge in [0.2, 0.25) is 19.7 Å². The highest BCUT2D eigenvalue weighted by Crippen LogP contribution is 2.26. The van der Waals surface area contributed by atoms with Gasteiger partial charge in [-0.2, -0.15) is 0 Å². The van der Waals surface area contributed by atoms with Gasteiger partial charge in [-0.15, -0.1) is 0 Å². The minimum atomic E-state index is -3.64. The summed E-state index contributed by atoms with van der Waals surface area (Å²) < 4.78 is 68.2. The van der Waals surface area contributed by atoms with Crippen LogP contribution in [0.25, 0.3) is 0 Å². The summed E-state index contributed by atoms with van der Waals surface area (Å²) >= 11 is 0. The zero-order chi connectivity index (χ0) is 32.8. The summed E-state index contributed by atoms with van der Waals surface area (Å²) in [5, 5.41) is 9.39. The number of ether oxygens (including phenoxy) is 3. The van der Waals surface area contributed by atoms with Crippen molar-refractivity contribution in [3.63, 3.8) is 0 Å². The highest BCUT2D eigenvalue weighted by atomic mass is 32.2. The second-order valence-corrected chi connectivity index (χ2v) is 14.8. The van der Waals surface area contributed by atoms with E-state index < -0.39 is 19.7 Å². The molecule has 0 bridgehead atoms. The fraction of sp³-hybridized carbons (Fsp3) is 0.333. The summed E-state index contributed by atoms with van der Waals surface area (Å²) in [4.78, 5) is 0.765. The monoisotopic (exact) mass is 666 g/mol. The van der Waals surface area contributed by atoms with Crippen LogP contribution in [0, 0.1) is 0 Å². The molecule has 0 aliphatic rings. The third-order valence-corrected chi connectivity index (χ3v) is 11.0. The van der Waals surface area contributed by atoms with Crippen molar-refractivity contribution in [2.24, 2.45) is 0 Å². The van der Waals surface area contributed by atoms with Crippen LogP contribution in [0.4, 0.5) is 0 Å².